The first kappa shape index (κ1) is 27.0. The van der Waals surface area contributed by atoms with Crippen LogP contribution in [0.4, 0.5) is 22.0 Å². The third kappa shape index (κ3) is 5.07. The van der Waals surface area contributed by atoms with E-state index in [2.05, 4.69) is 6.92 Å². The van der Waals surface area contributed by atoms with Crippen LogP contribution in [0.25, 0.3) is 0 Å². The van der Waals surface area contributed by atoms with E-state index >= 15 is 0 Å². The average Bonchev–Trinajstić information content (AvgIpc) is 3.06. The van der Waals surface area contributed by atoms with Gasteiger partial charge in [0.1, 0.15) is 0 Å². The molecular formula is C24H32BF5O4S. The van der Waals surface area contributed by atoms with E-state index in [1.54, 1.807) is 12.1 Å². The topological polar surface area (TPSA) is 77.8 Å². The minimum Gasteiger partial charge on any atom is -0.423 e. The monoisotopic (exact) mass is 522 g/mol. The molecule has 4 nitrogen and oxygen atoms in total. The van der Waals surface area contributed by atoms with E-state index in [9.17, 15) is 41.3 Å². The van der Waals surface area contributed by atoms with Gasteiger partial charge in [0.05, 0.1) is 6.10 Å². The smallest absolute Gasteiger partial charge is 0.423 e. The third-order valence-electron chi connectivity index (χ3n) is 8.85. The van der Waals surface area contributed by atoms with Crippen LogP contribution in [0, 0.1) is 23.2 Å². The van der Waals surface area contributed by atoms with Crippen LogP contribution in [-0.2, 0) is 17.2 Å². The van der Waals surface area contributed by atoms with Gasteiger partial charge in [0, 0.05) is 28.7 Å². The molecule has 0 heterocycles. The van der Waals surface area contributed by atoms with Crippen molar-refractivity contribution in [2.75, 3.05) is 11.5 Å². The molecule has 0 radical (unpaired) electrons. The SMILES string of the molecule is C[C@]12CC[C@@H]3c4ccc(B(O)O)cc4C[C@@H](CS(=O)CCCC(F)(F)C(F)(F)F)[C@H]3[C@@H]1CC[C@@H]2O. The summed E-state index contributed by atoms with van der Waals surface area (Å²) in [6.45, 7) is 2.10. The minimum absolute atomic E-state index is 0.0996. The Bertz CT molecular complexity index is 958. The summed E-state index contributed by atoms with van der Waals surface area (Å²) in [5.41, 5.74) is 2.15. The van der Waals surface area contributed by atoms with Crippen molar-refractivity contribution in [3.63, 3.8) is 0 Å². The molecule has 2 fully saturated rings. The van der Waals surface area contributed by atoms with Gasteiger partial charge in [0.25, 0.3) is 0 Å². The Labute approximate surface area is 204 Å². The van der Waals surface area contributed by atoms with E-state index < -0.39 is 49.0 Å². The van der Waals surface area contributed by atoms with Crippen LogP contribution in [0.1, 0.15) is 62.5 Å². The number of aliphatic hydroxyl groups is 1. The summed E-state index contributed by atoms with van der Waals surface area (Å²) in [6, 6.07) is 5.35. The number of fused-ring (bicyclic) bond motifs is 5. The molecule has 0 bridgehead atoms. The predicted octanol–water partition coefficient (Wildman–Crippen LogP) is 3.54. The van der Waals surface area contributed by atoms with E-state index in [0.717, 1.165) is 30.4 Å². The van der Waals surface area contributed by atoms with Crippen LogP contribution in [-0.4, -0.2) is 56.2 Å². The van der Waals surface area contributed by atoms with Crippen molar-refractivity contribution in [3.8, 4) is 0 Å². The van der Waals surface area contributed by atoms with Gasteiger partial charge in [-0.3, -0.25) is 4.21 Å². The first-order valence-corrected chi connectivity index (χ1v) is 13.7. The number of hydrogen-bond acceptors (Lipinski definition) is 4. The number of halogens is 5. The predicted molar refractivity (Wildman–Crippen MR) is 124 cm³/mol. The molecule has 11 heteroatoms. The van der Waals surface area contributed by atoms with E-state index in [1.807, 2.05) is 6.07 Å². The first-order valence-electron chi connectivity index (χ1n) is 12.2. The highest BCUT2D eigenvalue weighted by Gasteiger charge is 2.58. The standard InChI is InChI=1S/C24H32BF5O4S/c1-22-9-7-18-17-4-3-16(25(32)33)12-14(17)11-15(21(18)19(22)5-6-20(22)31)13-35(34)10-2-8-23(26,27)24(28,29)30/h3-4,12,15,18-21,31-33H,2,5-11,13H2,1H3/t15-,18+,19-,20-,21+,22-,35?/m0/s1. The molecule has 0 aliphatic heterocycles. The van der Waals surface area contributed by atoms with Gasteiger partial charge < -0.3 is 15.2 Å². The summed E-state index contributed by atoms with van der Waals surface area (Å²) in [4.78, 5) is 0. The van der Waals surface area contributed by atoms with Crippen LogP contribution in [0.2, 0.25) is 0 Å². The fourth-order valence-electron chi connectivity index (χ4n) is 7.02. The molecule has 4 rings (SSSR count). The van der Waals surface area contributed by atoms with Crippen LogP contribution < -0.4 is 5.46 Å². The number of rotatable bonds is 7. The molecular weight excluding hydrogens is 490 g/mol. The molecule has 7 atom stereocenters. The lowest BCUT2D eigenvalue weighted by molar-refractivity contribution is -0.284. The summed E-state index contributed by atoms with van der Waals surface area (Å²) in [5.74, 6) is -4.48. The Hall–Kier alpha value is -1.04. The second kappa shape index (κ2) is 9.69. The Morgan fingerprint density at radius 1 is 1.14 bits per heavy atom. The normalized spacial score (nSPS) is 33.6. The third-order valence-corrected chi connectivity index (χ3v) is 10.4. The zero-order valence-electron chi connectivity index (χ0n) is 19.6. The molecule has 1 unspecified atom stereocenters. The number of benzene rings is 1. The lowest BCUT2D eigenvalue weighted by Gasteiger charge is -2.53. The van der Waals surface area contributed by atoms with Crippen LogP contribution >= 0.6 is 0 Å². The van der Waals surface area contributed by atoms with E-state index in [4.69, 9.17) is 0 Å². The average molecular weight is 522 g/mol. The summed E-state index contributed by atoms with van der Waals surface area (Å²) in [5, 5.41) is 29.9. The maximum atomic E-state index is 13.3. The quantitative estimate of drug-likeness (QED) is 0.379. The second-order valence-electron chi connectivity index (χ2n) is 10.8. The van der Waals surface area contributed by atoms with E-state index in [0.29, 0.717) is 18.3 Å². The molecule has 35 heavy (non-hydrogen) atoms. The Kier molecular flexibility index (Phi) is 7.48. The maximum Gasteiger partial charge on any atom is 0.488 e. The summed E-state index contributed by atoms with van der Waals surface area (Å²) >= 11 is 0. The molecule has 1 aromatic rings. The lowest BCUT2D eigenvalue weighted by atomic mass is 9.52. The van der Waals surface area contributed by atoms with Crippen molar-refractivity contribution in [3.05, 3.63) is 29.3 Å². The fourth-order valence-corrected chi connectivity index (χ4v) is 8.47. The highest BCUT2D eigenvalue weighted by atomic mass is 32.2. The molecule has 0 amide bonds. The van der Waals surface area contributed by atoms with Crippen molar-refractivity contribution in [1.29, 1.82) is 0 Å². The van der Waals surface area contributed by atoms with Crippen LogP contribution in [0.3, 0.4) is 0 Å². The summed E-state index contributed by atoms with van der Waals surface area (Å²) in [7, 11) is -3.20. The van der Waals surface area contributed by atoms with Gasteiger partial charge >= 0.3 is 19.2 Å². The van der Waals surface area contributed by atoms with Gasteiger partial charge in [-0.1, -0.05) is 25.1 Å². The van der Waals surface area contributed by atoms with Gasteiger partial charge in [-0.2, -0.15) is 22.0 Å². The molecule has 0 aromatic heterocycles. The van der Waals surface area contributed by atoms with Gasteiger partial charge in [0.2, 0.25) is 0 Å². The lowest BCUT2D eigenvalue weighted by Crippen LogP contribution is -2.48. The number of alkyl halides is 5. The zero-order valence-corrected chi connectivity index (χ0v) is 20.4. The molecule has 1 aromatic carbocycles. The molecule has 0 spiro atoms. The molecule has 2 saturated carbocycles. The Morgan fingerprint density at radius 3 is 2.51 bits per heavy atom. The molecule has 3 aliphatic rings. The van der Waals surface area contributed by atoms with E-state index in [-0.39, 0.29) is 40.6 Å². The number of aliphatic hydroxyl groups excluding tert-OH is 1. The molecule has 3 N–H and O–H groups in total. The van der Waals surface area contributed by atoms with Gasteiger partial charge in [0.15, 0.2) is 0 Å². The molecule has 196 valence electrons. The van der Waals surface area contributed by atoms with Gasteiger partial charge in [-0.05, 0) is 84.2 Å². The minimum atomic E-state index is -5.61. The molecule has 3 aliphatic carbocycles. The summed E-state index contributed by atoms with van der Waals surface area (Å²) in [6.07, 6.45) is -4.20. The van der Waals surface area contributed by atoms with Crippen molar-refractivity contribution in [2.24, 2.45) is 23.2 Å². The highest BCUT2D eigenvalue weighted by Crippen LogP contribution is 2.62. The van der Waals surface area contributed by atoms with Crippen molar-refractivity contribution in [2.45, 2.75) is 76.0 Å². The first-order chi connectivity index (χ1) is 16.2. The van der Waals surface area contributed by atoms with Gasteiger partial charge in [-0.25, -0.2) is 0 Å². The Balaban J connectivity index is 1.55. The maximum absolute atomic E-state index is 13.3. The summed E-state index contributed by atoms with van der Waals surface area (Å²) < 4.78 is 76.8. The van der Waals surface area contributed by atoms with Crippen LogP contribution in [0.15, 0.2) is 18.2 Å². The van der Waals surface area contributed by atoms with Crippen LogP contribution in [0.5, 0.6) is 0 Å². The highest BCUT2D eigenvalue weighted by molar-refractivity contribution is 7.84. The van der Waals surface area contributed by atoms with Gasteiger partial charge in [-0.15, -0.1) is 0 Å². The zero-order chi connectivity index (χ0) is 25.8. The van der Waals surface area contributed by atoms with Crippen molar-refractivity contribution < 1.29 is 41.3 Å². The Morgan fingerprint density at radius 2 is 1.86 bits per heavy atom. The largest absolute Gasteiger partial charge is 0.488 e. The van der Waals surface area contributed by atoms with Crippen molar-refractivity contribution >= 4 is 23.4 Å². The number of hydrogen-bond donors (Lipinski definition) is 3. The second-order valence-corrected chi connectivity index (χ2v) is 12.5. The van der Waals surface area contributed by atoms with Crippen molar-refractivity contribution in [1.82, 2.24) is 0 Å². The molecule has 0 saturated heterocycles. The fraction of sp³-hybridized carbons (Fsp3) is 0.750. The van der Waals surface area contributed by atoms with E-state index in [1.165, 1.54) is 0 Å².